The predicted molar refractivity (Wildman–Crippen MR) is 198 cm³/mol. The van der Waals surface area contributed by atoms with Gasteiger partial charge in [-0.25, -0.2) is 32.0 Å². The average molecular weight is 753 g/mol. The van der Waals surface area contributed by atoms with Gasteiger partial charge < -0.3 is 20.1 Å². The zero-order valence-electron chi connectivity index (χ0n) is 29.4. The molecule has 3 N–H and O–H groups in total. The zero-order valence-corrected chi connectivity index (χ0v) is 30.2. The second kappa shape index (κ2) is 13.6. The Morgan fingerprint density at radius 2 is 1.56 bits per heavy atom. The predicted octanol–water partition coefficient (Wildman–Crippen LogP) is 7.03. The first-order valence-electron chi connectivity index (χ1n) is 17.7. The van der Waals surface area contributed by atoms with Crippen LogP contribution in [0.1, 0.15) is 45.4 Å². The minimum atomic E-state index is -4.12. The Labute approximate surface area is 311 Å². The number of aryl methyl sites for hydroxylation is 1. The lowest BCUT2D eigenvalue weighted by molar-refractivity contribution is 0.0131. The number of halogens is 2. The number of hydrogen-bond donors (Lipinski definition) is 3. The molecule has 2 heterocycles. The van der Waals surface area contributed by atoms with Crippen molar-refractivity contribution in [2.24, 2.45) is 4.36 Å². The summed E-state index contributed by atoms with van der Waals surface area (Å²) in [5, 5.41) is 16.9. The van der Waals surface area contributed by atoms with Crippen LogP contribution < -0.4 is 14.8 Å². The molecule has 2 aliphatic carbocycles. The van der Waals surface area contributed by atoms with Crippen molar-refractivity contribution >= 4 is 27.7 Å². The summed E-state index contributed by atoms with van der Waals surface area (Å²) in [4.78, 5) is 27.2. The third-order valence-electron chi connectivity index (χ3n) is 10.5. The van der Waals surface area contributed by atoms with Crippen LogP contribution in [0.4, 0.5) is 24.1 Å². The quantitative estimate of drug-likeness (QED) is 0.146. The van der Waals surface area contributed by atoms with E-state index in [1.807, 2.05) is 97.1 Å². The summed E-state index contributed by atoms with van der Waals surface area (Å²) >= 11 is 0. The highest BCUT2D eigenvalue weighted by molar-refractivity contribution is 7.92. The fourth-order valence-electron chi connectivity index (χ4n) is 7.88. The number of likely N-dealkylation sites (N-methyl/N-ethyl adjacent to an activating group) is 1. The van der Waals surface area contributed by atoms with Crippen LogP contribution >= 0.6 is 0 Å². The maximum absolute atomic E-state index is 16.1. The van der Waals surface area contributed by atoms with Gasteiger partial charge in [-0.05, 0) is 58.2 Å². The standard InChI is InChI=1S/C40H38F2N6O5S/c1-47(38(50)51)31-24-48-36(53-25-31)34(23-43-48)54(52,45-37(49)44-35-32-19-11-12-26(32)20-27-21-39(41,42)22-33(27)35)46-40(28-13-5-2-6-14-28,29-15-7-3-8-16-29)30-17-9-4-10-18-30/h2-10,13-18,20,23,31H,11-12,19,21-22,24-25H2,1H3,(H,50,51)(H2,44,45,46,49,52)/t31-,54?/m0/s1. The van der Waals surface area contributed by atoms with Crippen LogP contribution in [-0.4, -0.2) is 61.7 Å². The van der Waals surface area contributed by atoms with Crippen molar-refractivity contribution in [2.45, 2.75) is 61.0 Å². The van der Waals surface area contributed by atoms with E-state index in [2.05, 4.69) is 15.1 Å². The van der Waals surface area contributed by atoms with Gasteiger partial charge in [-0.15, -0.1) is 0 Å². The van der Waals surface area contributed by atoms with Crippen LogP contribution in [0.5, 0.6) is 5.88 Å². The lowest BCUT2D eigenvalue weighted by atomic mass is 9.78. The Balaban J connectivity index is 1.32. The van der Waals surface area contributed by atoms with E-state index in [0.29, 0.717) is 46.3 Å². The van der Waals surface area contributed by atoms with E-state index in [9.17, 15) is 23.5 Å². The molecule has 0 fully saturated rings. The number of carbonyl (C=O) groups is 2. The number of fused-ring (bicyclic) bond motifs is 3. The molecule has 14 heteroatoms. The molecule has 0 saturated heterocycles. The number of ether oxygens (including phenoxy) is 1. The van der Waals surface area contributed by atoms with Crippen molar-refractivity contribution in [2.75, 3.05) is 19.0 Å². The lowest BCUT2D eigenvalue weighted by Crippen LogP contribution is -2.45. The molecule has 11 nitrogen and oxygen atoms in total. The van der Waals surface area contributed by atoms with Gasteiger partial charge in [0.05, 0.1) is 18.8 Å². The molecule has 0 spiro atoms. The van der Waals surface area contributed by atoms with E-state index in [0.717, 1.165) is 22.4 Å². The summed E-state index contributed by atoms with van der Waals surface area (Å²) in [6.07, 6.45) is 1.38. The van der Waals surface area contributed by atoms with Gasteiger partial charge in [0.1, 0.15) is 17.0 Å². The lowest BCUT2D eigenvalue weighted by Gasteiger charge is -2.33. The maximum Gasteiger partial charge on any atom is 0.407 e. The van der Waals surface area contributed by atoms with Crippen molar-refractivity contribution < 1.29 is 32.4 Å². The summed E-state index contributed by atoms with van der Waals surface area (Å²) < 4.78 is 61.1. The van der Waals surface area contributed by atoms with Gasteiger partial charge in [0.15, 0.2) is 9.92 Å². The molecule has 3 aliphatic rings. The van der Waals surface area contributed by atoms with E-state index < -0.39 is 52.4 Å². The number of aromatic nitrogens is 2. The highest BCUT2D eigenvalue weighted by atomic mass is 32.2. The van der Waals surface area contributed by atoms with Gasteiger partial charge in [0.2, 0.25) is 5.88 Å². The number of anilines is 1. The normalized spacial score (nSPS) is 17.9. The smallest absolute Gasteiger partial charge is 0.407 e. The number of urea groups is 1. The molecular formula is C40H38F2N6O5S. The highest BCUT2D eigenvalue weighted by Crippen LogP contribution is 2.45. The van der Waals surface area contributed by atoms with Gasteiger partial charge >= 0.3 is 12.1 Å². The number of rotatable bonds is 8. The maximum atomic E-state index is 16.1. The summed E-state index contributed by atoms with van der Waals surface area (Å²) in [5.74, 6) is -2.89. The minimum Gasteiger partial charge on any atom is -0.475 e. The molecule has 278 valence electrons. The van der Waals surface area contributed by atoms with Crippen LogP contribution in [0, 0.1) is 0 Å². The summed E-state index contributed by atoms with van der Waals surface area (Å²) in [5.41, 5.74) is 3.42. The molecule has 0 bridgehead atoms. The number of nitrogens with zero attached hydrogens (tertiary/aromatic N) is 4. The second-order valence-corrected chi connectivity index (χ2v) is 15.8. The highest BCUT2D eigenvalue weighted by Gasteiger charge is 2.43. The van der Waals surface area contributed by atoms with Gasteiger partial charge in [-0.2, -0.15) is 9.46 Å². The molecule has 0 saturated carbocycles. The Kier molecular flexibility index (Phi) is 8.87. The molecule has 8 rings (SSSR count). The number of nitrogens with one attached hydrogen (secondary N) is 2. The first-order chi connectivity index (χ1) is 26.0. The third kappa shape index (κ3) is 6.23. The molecular weight excluding hydrogens is 715 g/mol. The number of amides is 3. The van der Waals surface area contributed by atoms with Gasteiger partial charge in [-0.3, -0.25) is 0 Å². The number of benzene rings is 4. The SMILES string of the molecule is CN(C(=O)O)[C@@H]1COc2c(S(=O)(=NC(c3ccccc3)(c3ccccc3)c3ccccc3)NC(=O)Nc3c4c(cc5c3CC(F)(F)C5)CCC4)cnn2C1. The molecule has 1 aliphatic heterocycles. The molecule has 1 aromatic heterocycles. The Morgan fingerprint density at radius 3 is 2.15 bits per heavy atom. The van der Waals surface area contributed by atoms with Crippen molar-refractivity contribution in [3.63, 3.8) is 0 Å². The number of alkyl halides is 2. The van der Waals surface area contributed by atoms with E-state index in [4.69, 9.17) is 9.10 Å². The summed E-state index contributed by atoms with van der Waals surface area (Å²) in [6.45, 7) is 0.0262. The van der Waals surface area contributed by atoms with E-state index in [1.54, 1.807) is 0 Å². The second-order valence-electron chi connectivity index (χ2n) is 13.9. The molecule has 3 amide bonds. The molecule has 5 aromatic rings. The molecule has 1 unspecified atom stereocenters. The topological polar surface area (TPSA) is 138 Å². The largest absolute Gasteiger partial charge is 0.475 e. The van der Waals surface area contributed by atoms with Crippen LogP contribution in [0.2, 0.25) is 0 Å². The van der Waals surface area contributed by atoms with Crippen LogP contribution in [0.3, 0.4) is 0 Å². The van der Waals surface area contributed by atoms with Gasteiger partial charge in [-0.1, -0.05) is 97.1 Å². The van der Waals surface area contributed by atoms with Gasteiger partial charge in [0, 0.05) is 25.6 Å². The summed E-state index contributed by atoms with van der Waals surface area (Å²) in [7, 11) is -2.69. The number of hydrogen-bond acceptors (Lipinski definition) is 6. The average Bonchev–Trinajstić information content (AvgIpc) is 3.90. The molecule has 54 heavy (non-hydrogen) atoms. The molecule has 4 aromatic carbocycles. The van der Waals surface area contributed by atoms with E-state index >= 15 is 4.21 Å². The number of carboxylic acid groups (broad SMARTS) is 1. The van der Waals surface area contributed by atoms with Crippen LogP contribution in [0.15, 0.2) is 113 Å². The van der Waals surface area contributed by atoms with Gasteiger partial charge in [0.25, 0.3) is 5.92 Å². The third-order valence-corrected chi connectivity index (χ3v) is 12.4. The fraction of sp³-hybridized carbons (Fsp3) is 0.275. The fourth-order valence-corrected chi connectivity index (χ4v) is 9.73. The zero-order chi connectivity index (χ0) is 37.7. The monoisotopic (exact) mass is 752 g/mol. The van der Waals surface area contributed by atoms with Crippen molar-refractivity contribution in [1.82, 2.24) is 19.4 Å². The van der Waals surface area contributed by atoms with Crippen molar-refractivity contribution in [3.8, 4) is 5.88 Å². The van der Waals surface area contributed by atoms with Crippen molar-refractivity contribution in [3.05, 3.63) is 142 Å². The Bertz CT molecular complexity index is 2270. The molecule has 0 radical (unpaired) electrons. The first kappa shape index (κ1) is 35.3. The molecule has 2 atom stereocenters. The summed E-state index contributed by atoms with van der Waals surface area (Å²) in [6, 6.07) is 28.3. The van der Waals surface area contributed by atoms with Crippen LogP contribution in [-0.2, 0) is 47.7 Å². The Morgan fingerprint density at radius 1 is 0.944 bits per heavy atom. The Hall–Kier alpha value is -5.76. The first-order valence-corrected chi connectivity index (χ1v) is 19.2. The van der Waals surface area contributed by atoms with Crippen molar-refractivity contribution in [1.29, 1.82) is 0 Å². The van der Waals surface area contributed by atoms with E-state index in [1.165, 1.54) is 17.9 Å². The van der Waals surface area contributed by atoms with E-state index in [-0.39, 0.29) is 23.9 Å². The number of carbonyl (C=O) groups excluding carboxylic acids is 1. The van der Waals surface area contributed by atoms with Crippen LogP contribution in [0.25, 0.3) is 0 Å². The minimum absolute atomic E-state index is 0.0312.